The van der Waals surface area contributed by atoms with Crippen molar-refractivity contribution >= 4 is 25.6 Å². The number of nitrogens with two attached hydrogens (primary N) is 1. The van der Waals surface area contributed by atoms with Crippen molar-refractivity contribution in [3.63, 3.8) is 0 Å². The molecule has 0 aliphatic rings. The van der Waals surface area contributed by atoms with Crippen LogP contribution < -0.4 is 5.73 Å². The molecular formula is C10H18BN3O3. The zero-order chi connectivity index (χ0) is 13.7. The number of likely N-dealkylation sites (N-methyl/N-ethyl adjacent to an activating group) is 2. The minimum atomic E-state index is -0.746. The molecule has 0 radical (unpaired) electrons. The van der Waals surface area contributed by atoms with E-state index in [1.165, 1.54) is 25.9 Å². The first-order valence-electron chi connectivity index (χ1n) is 5.25. The quantitative estimate of drug-likeness (QED) is 0.460. The van der Waals surface area contributed by atoms with Gasteiger partial charge in [-0.15, -0.1) is 0 Å². The molecule has 0 fully saturated rings. The number of hydrogen-bond acceptors (Lipinski definition) is 3. The fourth-order valence-corrected chi connectivity index (χ4v) is 1.10. The lowest BCUT2D eigenvalue weighted by Crippen LogP contribution is -2.46. The SMILES string of the molecule is BCC(=O)N(C)C(=C)C(=O)N(C)[C@@H](C)C(N)=O. The molecule has 1 atom stereocenters. The van der Waals surface area contributed by atoms with Gasteiger partial charge in [-0.1, -0.05) is 6.58 Å². The van der Waals surface area contributed by atoms with Crippen LogP contribution in [0.1, 0.15) is 6.92 Å². The Morgan fingerprint density at radius 2 is 1.82 bits per heavy atom. The molecule has 0 aromatic rings. The Hall–Kier alpha value is -1.79. The van der Waals surface area contributed by atoms with Gasteiger partial charge in [-0.25, -0.2) is 0 Å². The third-order valence-electron chi connectivity index (χ3n) is 2.64. The van der Waals surface area contributed by atoms with E-state index < -0.39 is 17.9 Å². The van der Waals surface area contributed by atoms with E-state index in [9.17, 15) is 14.4 Å². The molecular weight excluding hydrogens is 221 g/mol. The van der Waals surface area contributed by atoms with E-state index in [4.69, 9.17) is 5.73 Å². The number of carbonyl (C=O) groups is 3. The van der Waals surface area contributed by atoms with Crippen LogP contribution in [-0.2, 0) is 14.4 Å². The van der Waals surface area contributed by atoms with Crippen molar-refractivity contribution in [2.45, 2.75) is 19.3 Å². The minimum Gasteiger partial charge on any atom is -0.368 e. The third kappa shape index (κ3) is 3.62. The van der Waals surface area contributed by atoms with E-state index in [2.05, 4.69) is 6.58 Å². The van der Waals surface area contributed by atoms with E-state index in [1.54, 1.807) is 7.85 Å². The van der Waals surface area contributed by atoms with Gasteiger partial charge in [-0.2, -0.15) is 0 Å². The summed E-state index contributed by atoms with van der Waals surface area (Å²) in [7, 11) is 4.59. The predicted octanol–water partition coefficient (Wildman–Crippen LogP) is -1.66. The van der Waals surface area contributed by atoms with Gasteiger partial charge in [0.15, 0.2) is 0 Å². The summed E-state index contributed by atoms with van der Waals surface area (Å²) in [5.74, 6) is -1.33. The van der Waals surface area contributed by atoms with E-state index in [0.717, 1.165) is 4.90 Å². The first-order valence-corrected chi connectivity index (χ1v) is 5.25. The van der Waals surface area contributed by atoms with Crippen molar-refractivity contribution in [2.75, 3.05) is 14.1 Å². The standard InChI is InChI=1S/C10H18BN3O3/c1-6(9(12)16)14(4)10(17)7(2)13(3)8(15)5-11/h6H,2,5,11H2,1,3-4H3,(H2,12,16)/t6-/m0/s1. The van der Waals surface area contributed by atoms with Gasteiger partial charge < -0.3 is 15.5 Å². The Bertz CT molecular complexity index is 357. The number of hydrogen-bond donors (Lipinski definition) is 1. The largest absolute Gasteiger partial charge is 0.368 e. The minimum absolute atomic E-state index is 0.0208. The van der Waals surface area contributed by atoms with Crippen molar-refractivity contribution in [3.8, 4) is 0 Å². The second kappa shape index (κ2) is 6.07. The molecule has 94 valence electrons. The maximum absolute atomic E-state index is 11.9. The van der Waals surface area contributed by atoms with E-state index in [0.29, 0.717) is 0 Å². The van der Waals surface area contributed by atoms with Gasteiger partial charge in [0, 0.05) is 14.1 Å². The van der Waals surface area contributed by atoms with E-state index in [1.807, 2.05) is 0 Å². The molecule has 17 heavy (non-hydrogen) atoms. The topological polar surface area (TPSA) is 83.7 Å². The Balaban J connectivity index is 4.77. The highest BCUT2D eigenvalue weighted by atomic mass is 16.2. The zero-order valence-corrected chi connectivity index (χ0v) is 10.7. The summed E-state index contributed by atoms with van der Waals surface area (Å²) in [5.41, 5.74) is 5.11. The van der Waals surface area contributed by atoms with Gasteiger partial charge in [0.2, 0.25) is 11.8 Å². The molecule has 0 aromatic carbocycles. The van der Waals surface area contributed by atoms with Crippen molar-refractivity contribution in [1.29, 1.82) is 0 Å². The molecule has 2 N–H and O–H groups in total. The van der Waals surface area contributed by atoms with Gasteiger partial charge in [0.05, 0.1) is 0 Å². The van der Waals surface area contributed by atoms with Crippen molar-refractivity contribution in [3.05, 3.63) is 12.3 Å². The van der Waals surface area contributed by atoms with Gasteiger partial charge in [0.25, 0.3) is 5.91 Å². The molecule has 6 nitrogen and oxygen atoms in total. The predicted molar refractivity (Wildman–Crippen MR) is 66.7 cm³/mol. The Labute approximate surface area is 102 Å². The zero-order valence-electron chi connectivity index (χ0n) is 10.7. The highest BCUT2D eigenvalue weighted by Gasteiger charge is 2.25. The van der Waals surface area contributed by atoms with Crippen LogP contribution >= 0.6 is 0 Å². The molecule has 0 aliphatic carbocycles. The summed E-state index contributed by atoms with van der Waals surface area (Å²) in [5, 5.41) is 0. The molecule has 0 rings (SSSR count). The molecule has 0 aromatic heterocycles. The van der Waals surface area contributed by atoms with Gasteiger partial charge >= 0.3 is 0 Å². The van der Waals surface area contributed by atoms with Gasteiger partial charge in [-0.3, -0.25) is 14.4 Å². The number of rotatable bonds is 5. The lowest BCUT2D eigenvalue weighted by molar-refractivity contribution is -0.137. The molecule has 7 heteroatoms. The molecule has 0 saturated heterocycles. The van der Waals surface area contributed by atoms with E-state index in [-0.39, 0.29) is 17.9 Å². The molecule has 0 unspecified atom stereocenters. The van der Waals surface area contributed by atoms with Gasteiger partial charge in [-0.05, 0) is 13.2 Å². The van der Waals surface area contributed by atoms with Crippen molar-refractivity contribution < 1.29 is 14.4 Å². The van der Waals surface area contributed by atoms with Crippen LogP contribution in [0, 0.1) is 0 Å². The van der Waals surface area contributed by atoms with Crippen LogP contribution in [0.3, 0.4) is 0 Å². The molecule has 0 heterocycles. The molecule has 3 amide bonds. The second-order valence-corrected chi connectivity index (χ2v) is 3.75. The highest BCUT2D eigenvalue weighted by molar-refractivity contribution is 6.20. The smallest absolute Gasteiger partial charge is 0.270 e. The van der Waals surface area contributed by atoms with Crippen LogP contribution in [0.2, 0.25) is 6.32 Å². The first kappa shape index (κ1) is 15.2. The average Bonchev–Trinajstić information content (AvgIpc) is 2.32. The number of primary amides is 1. The normalized spacial score (nSPS) is 11.5. The highest BCUT2D eigenvalue weighted by Crippen LogP contribution is 2.07. The number of carbonyl (C=O) groups excluding carboxylic acids is 3. The lowest BCUT2D eigenvalue weighted by Gasteiger charge is -2.26. The molecule has 0 saturated carbocycles. The van der Waals surface area contributed by atoms with Crippen LogP contribution in [-0.4, -0.2) is 55.5 Å². The fourth-order valence-electron chi connectivity index (χ4n) is 1.10. The number of nitrogens with zero attached hydrogens (tertiary/aromatic N) is 2. The van der Waals surface area contributed by atoms with Gasteiger partial charge in [0.1, 0.15) is 19.6 Å². The summed E-state index contributed by atoms with van der Waals surface area (Å²) < 4.78 is 0. The summed E-state index contributed by atoms with van der Waals surface area (Å²) in [6.45, 7) is 5.06. The van der Waals surface area contributed by atoms with Crippen molar-refractivity contribution in [1.82, 2.24) is 9.80 Å². The first-order chi connectivity index (χ1) is 7.73. The summed E-state index contributed by atoms with van der Waals surface area (Å²) in [6, 6.07) is -0.746. The van der Waals surface area contributed by atoms with Crippen LogP contribution in [0.15, 0.2) is 12.3 Å². The maximum atomic E-state index is 11.9. The average molecular weight is 239 g/mol. The molecule has 0 spiro atoms. The van der Waals surface area contributed by atoms with E-state index >= 15 is 0 Å². The number of amides is 3. The molecule has 0 aliphatic heterocycles. The monoisotopic (exact) mass is 239 g/mol. The Morgan fingerprint density at radius 1 is 1.35 bits per heavy atom. The molecule has 0 bridgehead atoms. The Kier molecular flexibility index (Phi) is 5.44. The van der Waals surface area contributed by atoms with Crippen LogP contribution in [0.4, 0.5) is 0 Å². The summed E-state index contributed by atoms with van der Waals surface area (Å²) >= 11 is 0. The second-order valence-electron chi connectivity index (χ2n) is 3.75. The Morgan fingerprint density at radius 3 is 2.18 bits per heavy atom. The van der Waals surface area contributed by atoms with Crippen LogP contribution in [0.25, 0.3) is 0 Å². The summed E-state index contributed by atoms with van der Waals surface area (Å²) in [4.78, 5) is 36.5. The maximum Gasteiger partial charge on any atom is 0.270 e. The third-order valence-corrected chi connectivity index (χ3v) is 2.64. The lowest BCUT2D eigenvalue weighted by atomic mass is 10.0. The van der Waals surface area contributed by atoms with Crippen LogP contribution in [0.5, 0.6) is 0 Å². The summed E-state index contributed by atoms with van der Waals surface area (Å²) in [6.07, 6.45) is 0.276. The van der Waals surface area contributed by atoms with Crippen molar-refractivity contribution in [2.24, 2.45) is 5.73 Å². The fraction of sp³-hybridized carbons (Fsp3) is 0.500.